The second kappa shape index (κ2) is 6.53. The molecule has 1 aromatic rings. The molecule has 1 aliphatic heterocycles. The average molecular weight is 259 g/mol. The SMILES string of the molecule is c1ccc2c(c1)COCC2NCCCC1CCCC1. The van der Waals surface area contributed by atoms with Gasteiger partial charge in [-0.15, -0.1) is 0 Å². The number of benzene rings is 1. The van der Waals surface area contributed by atoms with Crippen molar-refractivity contribution >= 4 is 0 Å². The highest BCUT2D eigenvalue weighted by Crippen LogP contribution is 2.28. The maximum atomic E-state index is 5.68. The Hall–Kier alpha value is -0.860. The van der Waals surface area contributed by atoms with Gasteiger partial charge in [0.25, 0.3) is 0 Å². The van der Waals surface area contributed by atoms with E-state index in [1.165, 1.54) is 49.7 Å². The molecule has 1 fully saturated rings. The molecule has 1 heterocycles. The molecule has 1 aromatic carbocycles. The van der Waals surface area contributed by atoms with Crippen molar-refractivity contribution < 1.29 is 4.74 Å². The van der Waals surface area contributed by atoms with E-state index in [1.807, 2.05) is 0 Å². The first-order chi connectivity index (χ1) is 9.43. The lowest BCUT2D eigenvalue weighted by atomic mass is 9.98. The predicted molar refractivity (Wildman–Crippen MR) is 78.0 cm³/mol. The molecule has 1 unspecified atom stereocenters. The van der Waals surface area contributed by atoms with Gasteiger partial charge in [-0.1, -0.05) is 49.9 Å². The lowest BCUT2D eigenvalue weighted by Gasteiger charge is -2.26. The zero-order chi connectivity index (χ0) is 12.9. The van der Waals surface area contributed by atoms with Crippen LogP contribution in [0.1, 0.15) is 55.7 Å². The van der Waals surface area contributed by atoms with Crippen LogP contribution in [0.4, 0.5) is 0 Å². The second-order valence-corrected chi connectivity index (χ2v) is 6.01. The average Bonchev–Trinajstić information content (AvgIpc) is 2.97. The van der Waals surface area contributed by atoms with Gasteiger partial charge in [0, 0.05) is 0 Å². The van der Waals surface area contributed by atoms with Crippen molar-refractivity contribution in [3.8, 4) is 0 Å². The van der Waals surface area contributed by atoms with Gasteiger partial charge in [0.1, 0.15) is 0 Å². The smallest absolute Gasteiger partial charge is 0.0721 e. The highest BCUT2D eigenvalue weighted by Gasteiger charge is 2.20. The lowest BCUT2D eigenvalue weighted by Crippen LogP contribution is -2.30. The van der Waals surface area contributed by atoms with Crippen LogP contribution in [0.25, 0.3) is 0 Å². The van der Waals surface area contributed by atoms with Crippen LogP contribution in [0.3, 0.4) is 0 Å². The fourth-order valence-electron chi connectivity index (χ4n) is 3.52. The van der Waals surface area contributed by atoms with Gasteiger partial charge in [-0.05, 0) is 36.4 Å². The highest BCUT2D eigenvalue weighted by molar-refractivity contribution is 5.30. The van der Waals surface area contributed by atoms with Crippen molar-refractivity contribution in [1.82, 2.24) is 5.32 Å². The summed E-state index contributed by atoms with van der Waals surface area (Å²) in [6.45, 7) is 2.72. The van der Waals surface area contributed by atoms with E-state index < -0.39 is 0 Å². The number of nitrogens with one attached hydrogen (secondary N) is 1. The zero-order valence-electron chi connectivity index (χ0n) is 11.7. The summed E-state index contributed by atoms with van der Waals surface area (Å²) in [7, 11) is 0. The lowest BCUT2D eigenvalue weighted by molar-refractivity contribution is 0.0820. The molecule has 1 aliphatic carbocycles. The maximum Gasteiger partial charge on any atom is 0.0721 e. The molecule has 19 heavy (non-hydrogen) atoms. The number of ether oxygens (including phenoxy) is 1. The Bertz CT molecular complexity index is 398. The fourth-order valence-corrected chi connectivity index (χ4v) is 3.52. The Balaban J connectivity index is 1.45. The van der Waals surface area contributed by atoms with Gasteiger partial charge in [0.05, 0.1) is 19.3 Å². The van der Waals surface area contributed by atoms with Crippen molar-refractivity contribution in [2.75, 3.05) is 13.2 Å². The van der Waals surface area contributed by atoms with Crippen LogP contribution in [-0.4, -0.2) is 13.2 Å². The molecule has 1 N–H and O–H groups in total. The van der Waals surface area contributed by atoms with E-state index in [2.05, 4.69) is 29.6 Å². The molecule has 2 nitrogen and oxygen atoms in total. The summed E-state index contributed by atoms with van der Waals surface area (Å²) in [6.07, 6.45) is 8.57. The topological polar surface area (TPSA) is 21.3 Å². The van der Waals surface area contributed by atoms with Crippen molar-refractivity contribution in [1.29, 1.82) is 0 Å². The molecule has 104 valence electrons. The Morgan fingerprint density at radius 3 is 2.89 bits per heavy atom. The quantitative estimate of drug-likeness (QED) is 0.812. The number of hydrogen-bond donors (Lipinski definition) is 1. The van der Waals surface area contributed by atoms with Crippen molar-refractivity contribution in [3.63, 3.8) is 0 Å². The van der Waals surface area contributed by atoms with Crippen LogP contribution in [0.15, 0.2) is 24.3 Å². The van der Waals surface area contributed by atoms with Crippen molar-refractivity contribution in [2.45, 2.75) is 51.2 Å². The predicted octanol–water partition coefficient (Wildman–Crippen LogP) is 3.82. The third kappa shape index (κ3) is 3.37. The molecule has 1 saturated carbocycles. The van der Waals surface area contributed by atoms with E-state index in [1.54, 1.807) is 0 Å². The third-order valence-electron chi connectivity index (χ3n) is 4.63. The normalized spacial score (nSPS) is 23.5. The molecule has 0 amide bonds. The van der Waals surface area contributed by atoms with Gasteiger partial charge in [-0.25, -0.2) is 0 Å². The molecular formula is C17H25NO. The van der Waals surface area contributed by atoms with E-state index in [0.29, 0.717) is 6.04 Å². The van der Waals surface area contributed by atoms with Gasteiger partial charge in [0.15, 0.2) is 0 Å². The van der Waals surface area contributed by atoms with Gasteiger partial charge in [-0.2, -0.15) is 0 Å². The minimum atomic E-state index is 0.397. The third-order valence-corrected chi connectivity index (χ3v) is 4.63. The molecular weight excluding hydrogens is 234 g/mol. The van der Waals surface area contributed by atoms with Crippen LogP contribution >= 0.6 is 0 Å². The van der Waals surface area contributed by atoms with E-state index in [4.69, 9.17) is 4.74 Å². The molecule has 0 spiro atoms. The molecule has 3 rings (SSSR count). The molecule has 1 atom stereocenters. The Kier molecular flexibility index (Phi) is 4.52. The molecule has 2 aliphatic rings. The Labute approximate surface area is 116 Å². The highest BCUT2D eigenvalue weighted by atomic mass is 16.5. The minimum absolute atomic E-state index is 0.397. The first-order valence-electron chi connectivity index (χ1n) is 7.82. The Morgan fingerprint density at radius 2 is 2.00 bits per heavy atom. The largest absolute Gasteiger partial charge is 0.375 e. The molecule has 0 aromatic heterocycles. The van der Waals surface area contributed by atoms with Gasteiger partial charge >= 0.3 is 0 Å². The minimum Gasteiger partial charge on any atom is -0.375 e. The summed E-state index contributed by atoms with van der Waals surface area (Å²) < 4.78 is 5.68. The molecule has 0 radical (unpaired) electrons. The van der Waals surface area contributed by atoms with Crippen LogP contribution in [-0.2, 0) is 11.3 Å². The number of hydrogen-bond acceptors (Lipinski definition) is 2. The summed E-state index contributed by atoms with van der Waals surface area (Å²) in [4.78, 5) is 0. The van der Waals surface area contributed by atoms with E-state index in [0.717, 1.165) is 25.7 Å². The van der Waals surface area contributed by atoms with Crippen molar-refractivity contribution in [2.24, 2.45) is 5.92 Å². The Morgan fingerprint density at radius 1 is 1.16 bits per heavy atom. The summed E-state index contributed by atoms with van der Waals surface area (Å²) in [6, 6.07) is 9.06. The van der Waals surface area contributed by atoms with E-state index in [-0.39, 0.29) is 0 Å². The van der Waals surface area contributed by atoms with Crippen LogP contribution in [0.2, 0.25) is 0 Å². The summed E-state index contributed by atoms with van der Waals surface area (Å²) >= 11 is 0. The van der Waals surface area contributed by atoms with Gasteiger partial charge in [-0.3, -0.25) is 0 Å². The summed E-state index contributed by atoms with van der Waals surface area (Å²) in [5, 5.41) is 3.68. The molecule has 2 heteroatoms. The first kappa shape index (κ1) is 13.1. The first-order valence-corrected chi connectivity index (χ1v) is 7.82. The van der Waals surface area contributed by atoms with Crippen molar-refractivity contribution in [3.05, 3.63) is 35.4 Å². The van der Waals surface area contributed by atoms with Gasteiger partial charge < -0.3 is 10.1 Å². The number of rotatable bonds is 5. The molecule has 0 bridgehead atoms. The monoisotopic (exact) mass is 259 g/mol. The second-order valence-electron chi connectivity index (χ2n) is 6.01. The van der Waals surface area contributed by atoms with E-state index >= 15 is 0 Å². The zero-order valence-corrected chi connectivity index (χ0v) is 11.7. The van der Waals surface area contributed by atoms with Gasteiger partial charge in [0.2, 0.25) is 0 Å². The number of fused-ring (bicyclic) bond motifs is 1. The fraction of sp³-hybridized carbons (Fsp3) is 0.647. The summed E-state index contributed by atoms with van der Waals surface area (Å²) in [5.41, 5.74) is 2.79. The van der Waals surface area contributed by atoms with E-state index in [9.17, 15) is 0 Å². The summed E-state index contributed by atoms with van der Waals surface area (Å²) in [5.74, 6) is 1.01. The maximum absolute atomic E-state index is 5.68. The van der Waals surface area contributed by atoms with Crippen LogP contribution in [0.5, 0.6) is 0 Å². The standard InChI is InChI=1S/C17H25NO/c1-2-7-14(6-1)8-5-11-18-17-13-19-12-15-9-3-4-10-16(15)17/h3-4,9-10,14,17-18H,1-2,5-8,11-13H2. The molecule has 0 saturated heterocycles. The van der Waals surface area contributed by atoms with Crippen LogP contribution in [0, 0.1) is 5.92 Å². The van der Waals surface area contributed by atoms with Crippen LogP contribution < -0.4 is 5.32 Å².